The highest BCUT2D eigenvalue weighted by Gasteiger charge is 2.08. The Balaban J connectivity index is 0.000000424. The Kier molecular flexibility index (Phi) is 5.96. The number of hydrogen-bond acceptors (Lipinski definition) is 4. The van der Waals surface area contributed by atoms with E-state index in [0.717, 1.165) is 0 Å². The summed E-state index contributed by atoms with van der Waals surface area (Å²) in [6, 6.07) is 6.38. The zero-order valence-electron chi connectivity index (χ0n) is 7.51. The number of anilines is 1. The van der Waals surface area contributed by atoms with Crippen molar-refractivity contribution in [2.45, 2.75) is 6.92 Å². The zero-order chi connectivity index (χ0) is 10.3. The van der Waals surface area contributed by atoms with Crippen LogP contribution in [0, 0.1) is 0 Å². The van der Waals surface area contributed by atoms with Gasteiger partial charge in [0.1, 0.15) is 0 Å². The molecule has 0 saturated carbocycles. The standard InChI is InChI=1S/C6H8BNO2.C2H6O/c8-6-3-1-5(2-4-6)7(9)10;1-2-3/h1-4,9-10H,8H2;3H,2H2,1H3. The first-order chi connectivity index (χ1) is 6.11. The van der Waals surface area contributed by atoms with Crippen LogP contribution in [0.25, 0.3) is 0 Å². The van der Waals surface area contributed by atoms with Crippen LogP contribution in [-0.2, 0) is 0 Å². The molecule has 5 N–H and O–H groups in total. The molecule has 1 aromatic carbocycles. The van der Waals surface area contributed by atoms with E-state index in [1.54, 1.807) is 31.2 Å². The summed E-state index contributed by atoms with van der Waals surface area (Å²) >= 11 is 0. The van der Waals surface area contributed by atoms with Crippen LogP contribution in [0.2, 0.25) is 0 Å². The van der Waals surface area contributed by atoms with Crippen molar-refractivity contribution in [3.63, 3.8) is 0 Å². The Hall–Kier alpha value is -1.04. The predicted molar refractivity (Wildman–Crippen MR) is 53.4 cm³/mol. The Labute approximate surface area is 77.8 Å². The van der Waals surface area contributed by atoms with E-state index >= 15 is 0 Å². The molecule has 0 amide bonds. The van der Waals surface area contributed by atoms with Gasteiger partial charge < -0.3 is 20.9 Å². The van der Waals surface area contributed by atoms with Gasteiger partial charge in [-0.05, 0) is 24.5 Å². The summed E-state index contributed by atoms with van der Waals surface area (Å²) in [6.07, 6.45) is 0. The van der Waals surface area contributed by atoms with Crippen molar-refractivity contribution in [1.82, 2.24) is 0 Å². The Morgan fingerprint density at radius 1 is 1.23 bits per heavy atom. The molecule has 0 aliphatic carbocycles. The van der Waals surface area contributed by atoms with Crippen LogP contribution in [-0.4, -0.2) is 28.9 Å². The van der Waals surface area contributed by atoms with Crippen molar-refractivity contribution in [3.05, 3.63) is 24.3 Å². The fourth-order valence-corrected chi connectivity index (χ4v) is 0.668. The van der Waals surface area contributed by atoms with Gasteiger partial charge in [0, 0.05) is 12.3 Å². The highest BCUT2D eigenvalue weighted by atomic mass is 16.4. The van der Waals surface area contributed by atoms with E-state index in [1.165, 1.54) is 0 Å². The van der Waals surface area contributed by atoms with Crippen LogP contribution in [0.5, 0.6) is 0 Å². The third kappa shape index (κ3) is 5.24. The van der Waals surface area contributed by atoms with Crippen LogP contribution < -0.4 is 11.2 Å². The smallest absolute Gasteiger partial charge is 0.423 e. The van der Waals surface area contributed by atoms with Crippen LogP contribution >= 0.6 is 0 Å². The minimum atomic E-state index is -1.40. The maximum atomic E-state index is 8.63. The van der Waals surface area contributed by atoms with Crippen LogP contribution in [0.4, 0.5) is 5.69 Å². The number of hydrogen-bond donors (Lipinski definition) is 4. The van der Waals surface area contributed by atoms with E-state index in [4.69, 9.17) is 20.9 Å². The van der Waals surface area contributed by atoms with Gasteiger partial charge in [-0.25, -0.2) is 0 Å². The lowest BCUT2D eigenvalue weighted by Gasteiger charge is -1.97. The molecule has 0 aliphatic rings. The molecule has 72 valence electrons. The van der Waals surface area contributed by atoms with Crippen molar-refractivity contribution in [2.75, 3.05) is 12.3 Å². The van der Waals surface area contributed by atoms with Crippen LogP contribution in [0.15, 0.2) is 24.3 Å². The second kappa shape index (κ2) is 6.48. The third-order valence-corrected chi connectivity index (χ3v) is 1.23. The number of nitrogen functional groups attached to an aromatic ring is 1. The topological polar surface area (TPSA) is 86.7 Å². The molecule has 5 heteroatoms. The van der Waals surface area contributed by atoms with Gasteiger partial charge in [-0.15, -0.1) is 0 Å². The van der Waals surface area contributed by atoms with Gasteiger partial charge in [0.05, 0.1) is 0 Å². The number of nitrogens with two attached hydrogens (primary N) is 1. The summed E-state index contributed by atoms with van der Waals surface area (Å²) in [5.41, 5.74) is 6.43. The lowest BCUT2D eigenvalue weighted by molar-refractivity contribution is 0.318. The first-order valence-corrected chi connectivity index (χ1v) is 3.94. The molecule has 0 saturated heterocycles. The summed E-state index contributed by atoms with van der Waals surface area (Å²) in [5, 5.41) is 24.8. The van der Waals surface area contributed by atoms with Gasteiger partial charge in [-0.2, -0.15) is 0 Å². The molecule has 0 unspecified atom stereocenters. The fraction of sp³-hybridized carbons (Fsp3) is 0.250. The Bertz CT molecular complexity index is 225. The van der Waals surface area contributed by atoms with E-state index in [1.807, 2.05) is 0 Å². The summed E-state index contributed by atoms with van der Waals surface area (Å²) < 4.78 is 0. The molecule has 4 nitrogen and oxygen atoms in total. The Morgan fingerprint density at radius 2 is 1.62 bits per heavy atom. The summed E-state index contributed by atoms with van der Waals surface area (Å²) in [5.74, 6) is 0. The molecule has 1 aromatic rings. The lowest BCUT2D eigenvalue weighted by Crippen LogP contribution is -2.29. The first kappa shape index (κ1) is 12.0. The number of benzene rings is 1. The second-order valence-corrected chi connectivity index (χ2v) is 2.36. The van der Waals surface area contributed by atoms with Crippen molar-refractivity contribution in [2.24, 2.45) is 0 Å². The molecule has 0 bridgehead atoms. The molecule has 13 heavy (non-hydrogen) atoms. The molecule has 1 rings (SSSR count). The Morgan fingerprint density at radius 3 is 1.92 bits per heavy atom. The minimum absolute atomic E-state index is 0.250. The highest BCUT2D eigenvalue weighted by molar-refractivity contribution is 6.58. The molecule has 0 radical (unpaired) electrons. The van der Waals surface area contributed by atoms with Crippen molar-refractivity contribution < 1.29 is 15.2 Å². The van der Waals surface area contributed by atoms with E-state index in [-0.39, 0.29) is 6.61 Å². The van der Waals surface area contributed by atoms with Crippen molar-refractivity contribution in [1.29, 1.82) is 0 Å². The summed E-state index contributed by atoms with van der Waals surface area (Å²) in [4.78, 5) is 0. The number of aliphatic hydroxyl groups excluding tert-OH is 1. The van der Waals surface area contributed by atoms with Crippen LogP contribution in [0.3, 0.4) is 0 Å². The maximum Gasteiger partial charge on any atom is 0.488 e. The van der Waals surface area contributed by atoms with Gasteiger partial charge in [0.25, 0.3) is 0 Å². The van der Waals surface area contributed by atoms with Crippen molar-refractivity contribution in [3.8, 4) is 0 Å². The summed E-state index contributed by atoms with van der Waals surface area (Å²) in [7, 11) is -1.40. The van der Waals surface area contributed by atoms with Gasteiger partial charge in [0.2, 0.25) is 0 Å². The van der Waals surface area contributed by atoms with E-state index < -0.39 is 7.12 Å². The zero-order valence-corrected chi connectivity index (χ0v) is 7.51. The average Bonchev–Trinajstić information content (AvgIpc) is 2.06. The quantitative estimate of drug-likeness (QED) is 0.330. The van der Waals surface area contributed by atoms with E-state index in [2.05, 4.69) is 0 Å². The van der Waals surface area contributed by atoms with Gasteiger partial charge in [-0.1, -0.05) is 12.1 Å². The molecule has 0 heterocycles. The largest absolute Gasteiger partial charge is 0.488 e. The second-order valence-electron chi connectivity index (χ2n) is 2.36. The average molecular weight is 183 g/mol. The first-order valence-electron chi connectivity index (χ1n) is 3.94. The molecule has 0 atom stereocenters. The third-order valence-electron chi connectivity index (χ3n) is 1.23. The lowest BCUT2D eigenvalue weighted by atomic mass is 9.80. The molecular formula is C8H14BNO3. The number of aliphatic hydroxyl groups is 1. The predicted octanol–water partition coefficient (Wildman–Crippen LogP) is -1.05. The van der Waals surface area contributed by atoms with E-state index in [9.17, 15) is 0 Å². The molecule has 0 aromatic heterocycles. The van der Waals surface area contributed by atoms with E-state index in [0.29, 0.717) is 11.2 Å². The fourth-order valence-electron chi connectivity index (χ4n) is 0.668. The summed E-state index contributed by atoms with van der Waals surface area (Å²) in [6.45, 7) is 1.93. The molecule has 0 spiro atoms. The SMILES string of the molecule is CCO.Nc1ccc(B(O)O)cc1. The highest BCUT2D eigenvalue weighted by Crippen LogP contribution is 1.95. The van der Waals surface area contributed by atoms with Gasteiger partial charge >= 0.3 is 7.12 Å². The van der Waals surface area contributed by atoms with Gasteiger partial charge in [-0.3, -0.25) is 0 Å². The normalized spacial score (nSPS) is 8.62. The van der Waals surface area contributed by atoms with Crippen molar-refractivity contribution >= 4 is 18.3 Å². The maximum absolute atomic E-state index is 8.63. The van der Waals surface area contributed by atoms with Gasteiger partial charge in [0.15, 0.2) is 0 Å². The van der Waals surface area contributed by atoms with Crippen LogP contribution in [0.1, 0.15) is 6.92 Å². The molecular weight excluding hydrogens is 169 g/mol. The molecule has 0 aliphatic heterocycles. The monoisotopic (exact) mass is 183 g/mol. The molecule has 0 fully saturated rings. The number of rotatable bonds is 1. The minimum Gasteiger partial charge on any atom is -0.423 e.